The number of thiazole rings is 1. The number of rotatable bonds is 5. The van der Waals surface area contributed by atoms with Gasteiger partial charge in [-0.05, 0) is 31.0 Å². The summed E-state index contributed by atoms with van der Waals surface area (Å²) in [7, 11) is 0. The minimum Gasteiger partial charge on any atom is -0.388 e. The van der Waals surface area contributed by atoms with Crippen LogP contribution in [0.2, 0.25) is 0 Å². The number of aliphatic hydroxyl groups excluding tert-OH is 1. The fourth-order valence-corrected chi connectivity index (χ4v) is 3.90. The van der Waals surface area contributed by atoms with Gasteiger partial charge in [0, 0.05) is 5.92 Å². The lowest BCUT2D eigenvalue weighted by atomic mass is 9.92. The average molecular weight is 311 g/mol. The van der Waals surface area contributed by atoms with Gasteiger partial charge < -0.3 is 5.11 Å². The van der Waals surface area contributed by atoms with E-state index >= 15 is 0 Å². The van der Waals surface area contributed by atoms with Crippen molar-refractivity contribution in [3.05, 3.63) is 64.7 Å². The Balaban J connectivity index is 1.95. The highest BCUT2D eigenvalue weighted by Crippen LogP contribution is 2.38. The molecule has 22 heavy (non-hydrogen) atoms. The summed E-state index contributed by atoms with van der Waals surface area (Å²) in [6.45, 7) is 4.22. The number of aryl methyl sites for hydroxylation is 1. The van der Waals surface area contributed by atoms with E-state index in [9.17, 15) is 5.11 Å². The summed E-state index contributed by atoms with van der Waals surface area (Å²) in [6.07, 6.45) is 1.47. The van der Waals surface area contributed by atoms with Gasteiger partial charge in [0.1, 0.15) is 0 Å². The van der Waals surface area contributed by atoms with Crippen molar-refractivity contribution in [2.45, 2.75) is 38.7 Å². The van der Waals surface area contributed by atoms with Crippen molar-refractivity contribution in [3.63, 3.8) is 0 Å². The Bertz CT molecular complexity index is 714. The van der Waals surface area contributed by atoms with Crippen LogP contribution in [0.1, 0.15) is 47.9 Å². The number of benzene rings is 2. The van der Waals surface area contributed by atoms with Crippen LogP contribution in [0.25, 0.3) is 10.2 Å². The fraction of sp³-hybridized carbons (Fsp3) is 0.316. The van der Waals surface area contributed by atoms with Gasteiger partial charge in [0.15, 0.2) is 0 Å². The largest absolute Gasteiger partial charge is 0.388 e. The van der Waals surface area contributed by atoms with Crippen LogP contribution in [0, 0.1) is 6.92 Å². The standard InChI is InChI=1S/C19H21NOS/c1-3-6-15(18(21)14-11-9-13(2)10-12-14)19-20-16-7-4-5-8-17(16)22-19/h4-5,7-12,15,18,21H,3,6H2,1-2H3. The Kier molecular flexibility index (Phi) is 4.55. The number of aliphatic hydroxyl groups is 1. The van der Waals surface area contributed by atoms with Crippen LogP contribution in [0.15, 0.2) is 48.5 Å². The fourth-order valence-electron chi connectivity index (χ4n) is 2.77. The molecular weight excluding hydrogens is 290 g/mol. The van der Waals surface area contributed by atoms with Gasteiger partial charge in [-0.2, -0.15) is 0 Å². The second-order valence-electron chi connectivity index (χ2n) is 5.77. The van der Waals surface area contributed by atoms with Crippen molar-refractivity contribution < 1.29 is 5.11 Å². The first-order chi connectivity index (χ1) is 10.7. The topological polar surface area (TPSA) is 33.1 Å². The maximum Gasteiger partial charge on any atom is 0.0998 e. The van der Waals surface area contributed by atoms with E-state index in [1.54, 1.807) is 11.3 Å². The monoisotopic (exact) mass is 311 g/mol. The lowest BCUT2D eigenvalue weighted by molar-refractivity contribution is 0.140. The molecule has 114 valence electrons. The number of hydrogen-bond donors (Lipinski definition) is 1. The third-order valence-electron chi connectivity index (χ3n) is 4.03. The predicted molar refractivity (Wildman–Crippen MR) is 93.4 cm³/mol. The highest BCUT2D eigenvalue weighted by Gasteiger charge is 2.25. The summed E-state index contributed by atoms with van der Waals surface area (Å²) < 4.78 is 1.19. The molecule has 0 saturated heterocycles. The molecule has 2 nitrogen and oxygen atoms in total. The Morgan fingerprint density at radius 2 is 1.82 bits per heavy atom. The van der Waals surface area contributed by atoms with Crippen molar-refractivity contribution in [1.29, 1.82) is 0 Å². The second-order valence-corrected chi connectivity index (χ2v) is 6.83. The molecule has 1 heterocycles. The van der Waals surface area contributed by atoms with E-state index in [2.05, 4.69) is 32.0 Å². The van der Waals surface area contributed by atoms with E-state index < -0.39 is 6.10 Å². The van der Waals surface area contributed by atoms with Crippen molar-refractivity contribution in [2.24, 2.45) is 0 Å². The quantitative estimate of drug-likeness (QED) is 0.700. The molecular formula is C19H21NOS. The summed E-state index contributed by atoms with van der Waals surface area (Å²) in [6, 6.07) is 16.3. The highest BCUT2D eigenvalue weighted by atomic mass is 32.1. The molecule has 1 N–H and O–H groups in total. The van der Waals surface area contributed by atoms with Gasteiger partial charge in [-0.15, -0.1) is 11.3 Å². The molecule has 0 spiro atoms. The van der Waals surface area contributed by atoms with Crippen molar-refractivity contribution in [3.8, 4) is 0 Å². The van der Waals surface area contributed by atoms with Gasteiger partial charge in [-0.25, -0.2) is 4.98 Å². The average Bonchev–Trinajstić information content (AvgIpc) is 2.96. The molecule has 3 heteroatoms. The molecule has 3 rings (SSSR count). The lowest BCUT2D eigenvalue weighted by Crippen LogP contribution is -2.11. The van der Waals surface area contributed by atoms with Crippen LogP contribution in [0.3, 0.4) is 0 Å². The minimum atomic E-state index is -0.499. The first-order valence-electron chi connectivity index (χ1n) is 7.79. The second kappa shape index (κ2) is 6.59. The van der Waals surface area contributed by atoms with Gasteiger partial charge in [0.25, 0.3) is 0 Å². The molecule has 0 bridgehead atoms. The summed E-state index contributed by atoms with van der Waals surface area (Å²) in [5.74, 6) is 0.0603. The van der Waals surface area contributed by atoms with E-state index in [0.29, 0.717) is 0 Å². The molecule has 0 radical (unpaired) electrons. The number of hydrogen-bond acceptors (Lipinski definition) is 3. The van der Waals surface area contributed by atoms with Gasteiger partial charge in [-0.3, -0.25) is 0 Å². The SMILES string of the molecule is CCCC(c1nc2ccccc2s1)C(O)c1ccc(C)cc1. The molecule has 3 aromatic rings. The van der Waals surface area contributed by atoms with Crippen LogP contribution < -0.4 is 0 Å². The van der Waals surface area contributed by atoms with Gasteiger partial charge in [-0.1, -0.05) is 55.3 Å². The molecule has 0 saturated carbocycles. The van der Waals surface area contributed by atoms with Crippen LogP contribution in [-0.4, -0.2) is 10.1 Å². The Morgan fingerprint density at radius 1 is 1.09 bits per heavy atom. The van der Waals surface area contributed by atoms with E-state index in [4.69, 9.17) is 4.98 Å². The molecule has 1 aromatic heterocycles. The summed E-state index contributed by atoms with van der Waals surface area (Å²) in [5.41, 5.74) is 3.21. The predicted octanol–water partition coefficient (Wildman–Crippen LogP) is 5.22. The normalized spacial score (nSPS) is 14.1. The number of fused-ring (bicyclic) bond motifs is 1. The number of nitrogens with zero attached hydrogens (tertiary/aromatic N) is 1. The van der Waals surface area contributed by atoms with Crippen molar-refractivity contribution in [1.82, 2.24) is 4.98 Å². The zero-order chi connectivity index (χ0) is 15.5. The van der Waals surface area contributed by atoms with Gasteiger partial charge in [0.2, 0.25) is 0 Å². The molecule has 0 fully saturated rings. The lowest BCUT2D eigenvalue weighted by Gasteiger charge is -2.21. The molecule has 0 aliphatic carbocycles. The third kappa shape index (κ3) is 3.06. The summed E-state index contributed by atoms with van der Waals surface area (Å²) in [5, 5.41) is 11.9. The summed E-state index contributed by atoms with van der Waals surface area (Å²) in [4.78, 5) is 4.75. The van der Waals surface area contributed by atoms with E-state index in [1.165, 1.54) is 10.3 Å². The molecule has 2 aromatic carbocycles. The molecule has 2 unspecified atom stereocenters. The van der Waals surface area contributed by atoms with Crippen LogP contribution >= 0.6 is 11.3 Å². The minimum absolute atomic E-state index is 0.0603. The maximum absolute atomic E-state index is 10.8. The zero-order valence-corrected chi connectivity index (χ0v) is 13.8. The molecule has 2 atom stereocenters. The first-order valence-corrected chi connectivity index (χ1v) is 8.60. The summed E-state index contributed by atoms with van der Waals surface area (Å²) >= 11 is 1.70. The number of aromatic nitrogens is 1. The van der Waals surface area contributed by atoms with E-state index in [-0.39, 0.29) is 5.92 Å². The van der Waals surface area contributed by atoms with Crippen molar-refractivity contribution >= 4 is 21.6 Å². The zero-order valence-electron chi connectivity index (χ0n) is 13.0. The van der Waals surface area contributed by atoms with Gasteiger partial charge >= 0.3 is 0 Å². The van der Waals surface area contributed by atoms with Crippen molar-refractivity contribution in [2.75, 3.05) is 0 Å². The first kappa shape index (κ1) is 15.2. The third-order valence-corrected chi connectivity index (χ3v) is 5.20. The van der Waals surface area contributed by atoms with Gasteiger partial charge in [0.05, 0.1) is 21.3 Å². The molecule has 0 amide bonds. The van der Waals surface area contributed by atoms with Crippen LogP contribution in [0.5, 0.6) is 0 Å². The maximum atomic E-state index is 10.8. The molecule has 0 aliphatic rings. The van der Waals surface area contributed by atoms with E-state index in [1.807, 2.05) is 30.3 Å². The molecule has 0 aliphatic heterocycles. The van der Waals surface area contributed by atoms with E-state index in [0.717, 1.165) is 28.9 Å². The highest BCUT2D eigenvalue weighted by molar-refractivity contribution is 7.18. The Morgan fingerprint density at radius 3 is 2.50 bits per heavy atom. The Hall–Kier alpha value is -1.71. The number of para-hydroxylation sites is 1. The van der Waals surface area contributed by atoms with Crippen LogP contribution in [-0.2, 0) is 0 Å². The van der Waals surface area contributed by atoms with Crippen LogP contribution in [0.4, 0.5) is 0 Å². The Labute approximate surface area is 135 Å². The smallest absolute Gasteiger partial charge is 0.0998 e.